The topological polar surface area (TPSA) is 73.1 Å². The molecule has 0 spiro atoms. The van der Waals surface area contributed by atoms with Crippen LogP contribution in [0.2, 0.25) is 0 Å². The average molecular weight is 428 g/mol. The second-order valence-electron chi connectivity index (χ2n) is 7.38. The molecule has 1 aromatic heterocycles. The smallest absolute Gasteiger partial charge is 0.254 e. The van der Waals surface area contributed by atoms with Gasteiger partial charge in [0.25, 0.3) is 5.91 Å². The molecule has 4 rings (SSSR count). The van der Waals surface area contributed by atoms with Crippen LogP contribution in [0.4, 0.5) is 0 Å². The standard InChI is InChI=1S/C25H25N5O2/c1-3-29(17-19-8-5-4-6-9-19)25(31)22-11-7-10-21(16-22)24-26-28-30(27-24)18-20-12-14-23(32-2)15-13-20/h4-16H,3,17-18H2,1-2H3. The van der Waals surface area contributed by atoms with Crippen molar-refractivity contribution < 1.29 is 9.53 Å². The molecule has 0 aliphatic heterocycles. The van der Waals surface area contributed by atoms with Gasteiger partial charge < -0.3 is 9.64 Å². The van der Waals surface area contributed by atoms with Gasteiger partial charge in [-0.05, 0) is 47.5 Å². The summed E-state index contributed by atoms with van der Waals surface area (Å²) in [5, 5.41) is 12.8. The van der Waals surface area contributed by atoms with Crippen LogP contribution in [-0.4, -0.2) is 44.7 Å². The van der Waals surface area contributed by atoms with Crippen molar-refractivity contribution in [1.29, 1.82) is 0 Å². The number of amides is 1. The second kappa shape index (κ2) is 9.87. The summed E-state index contributed by atoms with van der Waals surface area (Å²) in [4.78, 5) is 16.5. The molecule has 4 aromatic rings. The Balaban J connectivity index is 1.49. The van der Waals surface area contributed by atoms with E-state index in [1.807, 2.05) is 90.7 Å². The van der Waals surface area contributed by atoms with Crippen molar-refractivity contribution in [2.24, 2.45) is 0 Å². The Morgan fingerprint density at radius 1 is 0.969 bits per heavy atom. The van der Waals surface area contributed by atoms with Gasteiger partial charge in [-0.3, -0.25) is 4.79 Å². The Kier molecular flexibility index (Phi) is 6.55. The fraction of sp³-hybridized carbons (Fsp3) is 0.200. The third-order valence-corrected chi connectivity index (χ3v) is 5.19. The lowest BCUT2D eigenvalue weighted by molar-refractivity contribution is 0.0752. The number of hydrogen-bond acceptors (Lipinski definition) is 5. The summed E-state index contributed by atoms with van der Waals surface area (Å²) < 4.78 is 5.19. The number of rotatable bonds is 8. The van der Waals surface area contributed by atoms with Crippen LogP contribution < -0.4 is 4.74 Å². The van der Waals surface area contributed by atoms with E-state index in [2.05, 4.69) is 15.4 Å². The molecule has 1 heterocycles. The zero-order valence-corrected chi connectivity index (χ0v) is 18.2. The predicted molar refractivity (Wildman–Crippen MR) is 122 cm³/mol. The fourth-order valence-electron chi connectivity index (χ4n) is 3.42. The first kappa shape index (κ1) is 21.2. The Hall–Kier alpha value is -4.00. The maximum Gasteiger partial charge on any atom is 0.254 e. The zero-order valence-electron chi connectivity index (χ0n) is 18.2. The Labute approximate surface area is 187 Å². The molecule has 1 amide bonds. The molecule has 162 valence electrons. The van der Waals surface area contributed by atoms with Crippen molar-refractivity contribution in [3.05, 3.63) is 95.6 Å². The minimum absolute atomic E-state index is 0.0242. The van der Waals surface area contributed by atoms with Gasteiger partial charge in [-0.15, -0.1) is 10.2 Å². The number of methoxy groups -OCH3 is 1. The highest BCUT2D eigenvalue weighted by Gasteiger charge is 2.16. The summed E-state index contributed by atoms with van der Waals surface area (Å²) in [7, 11) is 1.64. The summed E-state index contributed by atoms with van der Waals surface area (Å²) in [6, 6.07) is 25.1. The van der Waals surface area contributed by atoms with E-state index >= 15 is 0 Å². The Morgan fingerprint density at radius 2 is 1.75 bits per heavy atom. The fourth-order valence-corrected chi connectivity index (χ4v) is 3.42. The maximum absolute atomic E-state index is 13.1. The van der Waals surface area contributed by atoms with Crippen molar-refractivity contribution in [2.45, 2.75) is 20.0 Å². The van der Waals surface area contributed by atoms with E-state index in [0.717, 1.165) is 22.4 Å². The van der Waals surface area contributed by atoms with Crippen LogP contribution in [0.3, 0.4) is 0 Å². The van der Waals surface area contributed by atoms with E-state index in [-0.39, 0.29) is 5.91 Å². The summed E-state index contributed by atoms with van der Waals surface area (Å²) in [5.74, 6) is 1.26. The highest BCUT2D eigenvalue weighted by Crippen LogP contribution is 2.18. The van der Waals surface area contributed by atoms with Crippen LogP contribution >= 0.6 is 0 Å². The third kappa shape index (κ3) is 5.00. The monoisotopic (exact) mass is 427 g/mol. The van der Waals surface area contributed by atoms with E-state index < -0.39 is 0 Å². The van der Waals surface area contributed by atoms with Crippen molar-refractivity contribution in [3.63, 3.8) is 0 Å². The average Bonchev–Trinajstić information content (AvgIpc) is 3.32. The van der Waals surface area contributed by atoms with E-state index in [1.165, 1.54) is 0 Å². The predicted octanol–water partition coefficient (Wildman–Crippen LogP) is 4.06. The molecule has 0 atom stereocenters. The molecule has 0 bridgehead atoms. The van der Waals surface area contributed by atoms with Crippen LogP contribution in [0, 0.1) is 0 Å². The number of ether oxygens (including phenoxy) is 1. The maximum atomic E-state index is 13.1. The third-order valence-electron chi connectivity index (χ3n) is 5.19. The van der Waals surface area contributed by atoms with E-state index in [9.17, 15) is 4.79 Å². The van der Waals surface area contributed by atoms with Crippen molar-refractivity contribution in [3.8, 4) is 17.1 Å². The van der Waals surface area contributed by atoms with Crippen LogP contribution in [0.5, 0.6) is 5.75 Å². The first-order valence-electron chi connectivity index (χ1n) is 10.5. The van der Waals surface area contributed by atoms with Crippen LogP contribution in [-0.2, 0) is 13.1 Å². The molecule has 7 nitrogen and oxygen atoms in total. The van der Waals surface area contributed by atoms with Gasteiger partial charge in [0.05, 0.1) is 13.7 Å². The van der Waals surface area contributed by atoms with E-state index in [0.29, 0.717) is 31.0 Å². The summed E-state index contributed by atoms with van der Waals surface area (Å²) >= 11 is 0. The number of aromatic nitrogens is 4. The van der Waals surface area contributed by atoms with Gasteiger partial charge in [0, 0.05) is 24.2 Å². The van der Waals surface area contributed by atoms with Gasteiger partial charge in [-0.25, -0.2) is 0 Å². The first-order chi connectivity index (χ1) is 15.7. The van der Waals surface area contributed by atoms with Gasteiger partial charge >= 0.3 is 0 Å². The van der Waals surface area contributed by atoms with Crippen molar-refractivity contribution in [1.82, 2.24) is 25.1 Å². The lowest BCUT2D eigenvalue weighted by Crippen LogP contribution is -2.30. The molecular weight excluding hydrogens is 402 g/mol. The minimum Gasteiger partial charge on any atom is -0.497 e. The SMILES string of the molecule is CCN(Cc1ccccc1)C(=O)c1cccc(-c2nnn(Cc3ccc(OC)cc3)n2)c1. The molecule has 0 saturated carbocycles. The highest BCUT2D eigenvalue weighted by molar-refractivity contribution is 5.95. The molecular formula is C25H25N5O2. The summed E-state index contributed by atoms with van der Waals surface area (Å²) in [6.07, 6.45) is 0. The van der Waals surface area contributed by atoms with Crippen LogP contribution in [0.25, 0.3) is 11.4 Å². The molecule has 0 radical (unpaired) electrons. The Morgan fingerprint density at radius 3 is 2.47 bits per heavy atom. The van der Waals surface area contributed by atoms with Gasteiger partial charge in [0.2, 0.25) is 5.82 Å². The first-order valence-corrected chi connectivity index (χ1v) is 10.5. The molecule has 0 N–H and O–H groups in total. The molecule has 3 aromatic carbocycles. The number of carbonyl (C=O) groups is 1. The number of nitrogens with zero attached hydrogens (tertiary/aromatic N) is 5. The molecule has 0 aliphatic rings. The van der Waals surface area contributed by atoms with E-state index in [1.54, 1.807) is 11.9 Å². The number of tetrazole rings is 1. The summed E-state index contributed by atoms with van der Waals surface area (Å²) in [6.45, 7) is 3.66. The molecule has 7 heteroatoms. The van der Waals surface area contributed by atoms with Crippen LogP contribution in [0.15, 0.2) is 78.9 Å². The zero-order chi connectivity index (χ0) is 22.3. The highest BCUT2D eigenvalue weighted by atomic mass is 16.5. The number of hydrogen-bond donors (Lipinski definition) is 0. The van der Waals surface area contributed by atoms with Gasteiger partial charge in [0.15, 0.2) is 0 Å². The largest absolute Gasteiger partial charge is 0.497 e. The van der Waals surface area contributed by atoms with Crippen LogP contribution in [0.1, 0.15) is 28.4 Å². The molecule has 0 unspecified atom stereocenters. The molecule has 32 heavy (non-hydrogen) atoms. The molecule has 0 fully saturated rings. The Bertz CT molecular complexity index is 1170. The normalized spacial score (nSPS) is 10.7. The van der Waals surface area contributed by atoms with Gasteiger partial charge in [-0.1, -0.05) is 54.6 Å². The number of benzene rings is 3. The lowest BCUT2D eigenvalue weighted by atomic mass is 10.1. The minimum atomic E-state index is -0.0242. The van der Waals surface area contributed by atoms with Gasteiger partial charge in [0.1, 0.15) is 5.75 Å². The molecule has 0 aliphatic carbocycles. The van der Waals surface area contributed by atoms with Crippen molar-refractivity contribution >= 4 is 5.91 Å². The summed E-state index contributed by atoms with van der Waals surface area (Å²) in [5.41, 5.74) is 3.50. The van der Waals surface area contributed by atoms with Crippen molar-refractivity contribution in [2.75, 3.05) is 13.7 Å². The quantitative estimate of drug-likeness (QED) is 0.424. The molecule has 0 saturated heterocycles. The van der Waals surface area contributed by atoms with E-state index in [4.69, 9.17) is 4.74 Å². The number of carbonyl (C=O) groups excluding carboxylic acids is 1. The lowest BCUT2D eigenvalue weighted by Gasteiger charge is -2.21. The second-order valence-corrected chi connectivity index (χ2v) is 7.38. The van der Waals surface area contributed by atoms with Gasteiger partial charge in [-0.2, -0.15) is 4.80 Å².